The van der Waals surface area contributed by atoms with Crippen molar-refractivity contribution in [2.24, 2.45) is 0 Å². The minimum absolute atomic E-state index is 0.479. The van der Waals surface area contributed by atoms with Crippen molar-refractivity contribution in [3.05, 3.63) is 93.8 Å². The average Bonchev–Trinajstić information content (AvgIpc) is 3.04. The monoisotopic (exact) mass is 518 g/mol. The fourth-order valence-electron chi connectivity index (χ4n) is 2.95. The Hall–Kier alpha value is -2.24. The average molecular weight is 517 g/mol. The van der Waals surface area contributed by atoms with Crippen LogP contribution in [0.4, 0.5) is 0 Å². The zero-order valence-electron chi connectivity index (χ0n) is 16.0. The van der Waals surface area contributed by atoms with Gasteiger partial charge < -0.3 is 20.1 Å². The van der Waals surface area contributed by atoms with Crippen LogP contribution in [0.5, 0.6) is 0 Å². The first kappa shape index (κ1) is 22.4. The van der Waals surface area contributed by atoms with Crippen LogP contribution in [0, 0.1) is 0 Å². The van der Waals surface area contributed by atoms with Gasteiger partial charge in [0, 0.05) is 12.3 Å². The number of aromatic amines is 1. The van der Waals surface area contributed by atoms with Crippen LogP contribution >= 0.6 is 0 Å². The number of aromatic nitrogens is 2. The molecule has 1 fully saturated rings. The Morgan fingerprint density at radius 3 is 1.93 bits per heavy atom. The molecule has 2 aromatic carbocycles. The van der Waals surface area contributed by atoms with E-state index in [2.05, 4.69) is 60.7 Å². The van der Waals surface area contributed by atoms with Gasteiger partial charge in [-0.15, -0.1) is 0 Å². The normalized spacial score (nSPS) is 22.9. The van der Waals surface area contributed by atoms with Gasteiger partial charge in [0.05, 0.1) is 6.61 Å². The summed E-state index contributed by atoms with van der Waals surface area (Å²) < 4.78 is 9.16. The van der Waals surface area contributed by atoms with Crippen LogP contribution in [0.25, 0.3) is 0 Å². The van der Waals surface area contributed by atoms with Crippen LogP contribution in [-0.2, 0) is 4.74 Å². The second kappa shape index (κ2) is 10.7. The first-order chi connectivity index (χ1) is 14.5. The van der Waals surface area contributed by atoms with E-state index < -0.39 is 63.5 Å². The second-order valence-corrected chi connectivity index (χ2v) is 10.6. The van der Waals surface area contributed by atoms with Gasteiger partial charge in [0.2, 0.25) is 0 Å². The summed E-state index contributed by atoms with van der Waals surface area (Å²) in [5.74, 6) is 0. The van der Waals surface area contributed by atoms with Crippen molar-refractivity contribution >= 4 is 28.3 Å². The molecular weight excluding hydrogens is 495 g/mol. The Kier molecular flexibility index (Phi) is 8.00. The molecule has 4 atom stereocenters. The van der Waals surface area contributed by atoms with Crippen LogP contribution in [-0.4, -0.2) is 70.9 Å². The molecule has 9 heteroatoms. The van der Waals surface area contributed by atoms with E-state index in [-0.39, 0.29) is 0 Å². The molecule has 1 aliphatic rings. The molecule has 2 heterocycles. The van der Waals surface area contributed by atoms with E-state index in [1.54, 1.807) is 0 Å². The van der Waals surface area contributed by atoms with Crippen molar-refractivity contribution in [1.82, 2.24) is 9.55 Å². The summed E-state index contributed by atoms with van der Waals surface area (Å²) in [7, 11) is 0. The van der Waals surface area contributed by atoms with Crippen molar-refractivity contribution in [2.75, 3.05) is 6.61 Å². The molecule has 0 aliphatic carbocycles. The topological polar surface area (TPSA) is 125 Å². The molecule has 0 amide bonds. The maximum atomic E-state index is 11.4. The standard InChI is InChI=1S/C9H12N2O6.2C6H5.Sn/c12-3-4-6(14)7(15)8(17-4)11-2-1-5(13)10-9(11)16;2*1-2-4-6-5-3-1;/h1-2,4,6-8,12,14-15H,3H2,(H,10,13,16);2*1-5H;. The number of hydrogen-bond acceptors (Lipinski definition) is 6. The van der Waals surface area contributed by atoms with E-state index in [9.17, 15) is 19.8 Å². The Morgan fingerprint density at radius 1 is 0.900 bits per heavy atom. The minimum atomic E-state index is -1.35. The molecule has 1 aromatic heterocycles. The first-order valence-corrected chi connectivity index (χ1v) is 12.2. The fraction of sp³-hybridized carbons (Fsp3) is 0.238. The molecule has 0 bridgehead atoms. The van der Waals surface area contributed by atoms with Crippen molar-refractivity contribution in [2.45, 2.75) is 24.5 Å². The van der Waals surface area contributed by atoms with Gasteiger partial charge in [-0.25, -0.2) is 4.79 Å². The summed E-state index contributed by atoms with van der Waals surface area (Å²) in [5.41, 5.74) is -1.33. The summed E-state index contributed by atoms with van der Waals surface area (Å²) in [5, 5.41) is 28.1. The van der Waals surface area contributed by atoms with Crippen molar-refractivity contribution in [3.63, 3.8) is 0 Å². The summed E-state index contributed by atoms with van der Waals surface area (Å²) in [6.45, 7) is -0.479. The zero-order valence-corrected chi connectivity index (χ0v) is 18.8. The molecule has 0 spiro atoms. The van der Waals surface area contributed by atoms with Crippen LogP contribution in [0.15, 0.2) is 82.5 Å². The number of aliphatic hydroxyl groups is 3. The SMILES string of the molecule is O=c1ccn(C2OC(CO)C(O)C2O)c(=O)[nH]1.c1cc[c]([Sn][c]2ccccc2)cc1. The van der Waals surface area contributed by atoms with Crippen LogP contribution < -0.4 is 18.4 Å². The quantitative estimate of drug-likeness (QED) is 0.312. The van der Waals surface area contributed by atoms with Crippen molar-refractivity contribution in [1.29, 1.82) is 0 Å². The number of ether oxygens (including phenoxy) is 1. The summed E-state index contributed by atoms with van der Waals surface area (Å²) in [6.07, 6.45) is -3.58. The van der Waals surface area contributed by atoms with Crippen molar-refractivity contribution in [3.8, 4) is 0 Å². The molecule has 2 radical (unpaired) electrons. The van der Waals surface area contributed by atoms with Crippen molar-refractivity contribution < 1.29 is 20.1 Å². The van der Waals surface area contributed by atoms with E-state index in [4.69, 9.17) is 9.84 Å². The van der Waals surface area contributed by atoms with Gasteiger partial charge in [-0.2, -0.15) is 0 Å². The zero-order chi connectivity index (χ0) is 21.5. The molecule has 8 nitrogen and oxygen atoms in total. The van der Waals surface area contributed by atoms with E-state index in [0.29, 0.717) is 0 Å². The van der Waals surface area contributed by atoms with E-state index in [1.807, 2.05) is 4.98 Å². The molecule has 0 saturated carbocycles. The Bertz CT molecular complexity index is 1000. The maximum absolute atomic E-state index is 11.4. The number of H-pyrrole nitrogens is 1. The van der Waals surface area contributed by atoms with Gasteiger partial charge in [-0.1, -0.05) is 0 Å². The van der Waals surface area contributed by atoms with Gasteiger partial charge in [0.1, 0.15) is 18.3 Å². The number of aliphatic hydroxyl groups excluding tert-OH is 3. The Morgan fingerprint density at radius 2 is 1.47 bits per heavy atom. The number of rotatable bonds is 4. The third kappa shape index (κ3) is 5.67. The number of benzene rings is 2. The molecule has 156 valence electrons. The Labute approximate surface area is 182 Å². The number of nitrogens with one attached hydrogen (secondary N) is 1. The summed E-state index contributed by atoms with van der Waals surface area (Å²) >= 11 is -0.517. The summed E-state index contributed by atoms with van der Waals surface area (Å²) in [4.78, 5) is 24.3. The third-order valence-corrected chi connectivity index (χ3v) is 8.03. The second-order valence-electron chi connectivity index (χ2n) is 6.60. The molecule has 4 N–H and O–H groups in total. The summed E-state index contributed by atoms with van der Waals surface area (Å²) in [6, 6.07) is 22.7. The van der Waals surface area contributed by atoms with Gasteiger partial charge in [0.25, 0.3) is 5.56 Å². The van der Waals surface area contributed by atoms with E-state index in [0.717, 1.165) is 16.8 Å². The molecule has 4 unspecified atom stereocenters. The van der Waals surface area contributed by atoms with Gasteiger partial charge in [-0.05, 0) is 0 Å². The predicted molar refractivity (Wildman–Crippen MR) is 112 cm³/mol. The fourth-order valence-corrected chi connectivity index (χ4v) is 5.95. The number of nitrogens with zero attached hydrogens (tertiary/aromatic N) is 1. The first-order valence-electron chi connectivity index (χ1n) is 9.30. The third-order valence-electron chi connectivity index (χ3n) is 4.48. The van der Waals surface area contributed by atoms with Gasteiger partial charge in [-0.3, -0.25) is 14.3 Å². The van der Waals surface area contributed by atoms with Crippen LogP contribution in [0.2, 0.25) is 0 Å². The van der Waals surface area contributed by atoms with Gasteiger partial charge in [0.15, 0.2) is 6.23 Å². The predicted octanol–water partition coefficient (Wildman–Crippen LogP) is -1.51. The molecule has 1 saturated heterocycles. The molecule has 4 rings (SSSR count). The van der Waals surface area contributed by atoms with Crippen LogP contribution in [0.3, 0.4) is 0 Å². The Balaban J connectivity index is 0.000000177. The molecule has 1 aliphatic heterocycles. The molecule has 3 aromatic rings. The molecule has 30 heavy (non-hydrogen) atoms. The van der Waals surface area contributed by atoms with E-state index >= 15 is 0 Å². The molecular formula is C21H22N2O6Sn. The van der Waals surface area contributed by atoms with Gasteiger partial charge >= 0.3 is 94.7 Å². The van der Waals surface area contributed by atoms with Crippen LogP contribution in [0.1, 0.15) is 6.23 Å². The number of hydrogen-bond donors (Lipinski definition) is 4. The van der Waals surface area contributed by atoms with E-state index in [1.165, 1.54) is 7.16 Å².